The number of primary amides is 1. The van der Waals surface area contributed by atoms with E-state index in [1.807, 2.05) is 41.8 Å². The highest BCUT2D eigenvalue weighted by molar-refractivity contribution is 7.13. The van der Waals surface area contributed by atoms with Gasteiger partial charge in [0.2, 0.25) is 11.8 Å². The molecule has 1 saturated heterocycles. The summed E-state index contributed by atoms with van der Waals surface area (Å²) < 4.78 is 0. The first-order valence-electron chi connectivity index (χ1n) is 9.87. The van der Waals surface area contributed by atoms with Crippen LogP contribution in [0.4, 0.5) is 11.4 Å². The van der Waals surface area contributed by atoms with Gasteiger partial charge in [0.25, 0.3) is 0 Å². The summed E-state index contributed by atoms with van der Waals surface area (Å²) in [6.45, 7) is 1.62. The zero-order valence-electron chi connectivity index (χ0n) is 16.5. The van der Waals surface area contributed by atoms with Crippen molar-refractivity contribution in [1.29, 1.82) is 0 Å². The quantitative estimate of drug-likeness (QED) is 0.637. The van der Waals surface area contributed by atoms with E-state index < -0.39 is 0 Å². The molecular formula is C22H23N5O2S. The molecule has 0 aliphatic carbocycles. The number of nitrogens with two attached hydrogens (primary N) is 1. The number of thiazole rings is 1. The fourth-order valence-corrected chi connectivity index (χ4v) is 4.37. The molecular weight excluding hydrogens is 398 g/mol. The minimum Gasteiger partial charge on any atom is -0.371 e. The normalized spacial score (nSPS) is 14.5. The summed E-state index contributed by atoms with van der Waals surface area (Å²) in [5.41, 5.74) is 8.92. The number of hydrogen-bond donors (Lipinski definition) is 2. The van der Waals surface area contributed by atoms with Crippen LogP contribution in [0.5, 0.6) is 0 Å². The van der Waals surface area contributed by atoms with Crippen molar-refractivity contribution in [1.82, 2.24) is 9.97 Å². The maximum Gasteiger partial charge on any atom is 0.230 e. The van der Waals surface area contributed by atoms with Gasteiger partial charge in [-0.15, -0.1) is 11.3 Å². The zero-order chi connectivity index (χ0) is 20.9. The van der Waals surface area contributed by atoms with Crippen molar-refractivity contribution in [2.75, 3.05) is 23.3 Å². The number of carbonyl (C=O) groups is 2. The maximum atomic E-state index is 12.4. The first-order chi connectivity index (χ1) is 14.6. The highest BCUT2D eigenvalue weighted by Crippen LogP contribution is 2.25. The highest BCUT2D eigenvalue weighted by atomic mass is 32.1. The minimum absolute atomic E-state index is 0.0239. The summed E-state index contributed by atoms with van der Waals surface area (Å²) in [6.07, 6.45) is 5.27. The topological polar surface area (TPSA) is 101 Å². The lowest BCUT2D eigenvalue weighted by atomic mass is 9.96. The lowest BCUT2D eigenvalue weighted by Crippen LogP contribution is -2.38. The molecule has 2 amide bonds. The standard InChI is InChI=1S/C22H23N5O2S/c23-21(29)15-7-10-27(11-8-15)19-5-3-17(4-6-19)25-20(28)12-18-14-30-22(26-18)16-2-1-9-24-13-16/h1-6,9,13-15H,7-8,10-12H2,(H2,23,29)(H,25,28). The second-order valence-corrected chi connectivity index (χ2v) is 8.18. The summed E-state index contributed by atoms with van der Waals surface area (Å²) in [4.78, 5) is 34.6. The second-order valence-electron chi connectivity index (χ2n) is 7.32. The van der Waals surface area contributed by atoms with Gasteiger partial charge in [0.05, 0.1) is 12.1 Å². The van der Waals surface area contributed by atoms with Crippen LogP contribution < -0.4 is 16.0 Å². The van der Waals surface area contributed by atoms with E-state index in [4.69, 9.17) is 5.73 Å². The molecule has 0 unspecified atom stereocenters. The summed E-state index contributed by atoms with van der Waals surface area (Å²) in [5.74, 6) is -0.336. The molecule has 1 fully saturated rings. The van der Waals surface area contributed by atoms with Gasteiger partial charge in [0.1, 0.15) is 5.01 Å². The van der Waals surface area contributed by atoms with Gasteiger partial charge in [-0.05, 0) is 49.2 Å². The third-order valence-electron chi connectivity index (χ3n) is 5.22. The maximum absolute atomic E-state index is 12.4. The van der Waals surface area contributed by atoms with Crippen LogP contribution in [0.25, 0.3) is 10.6 Å². The first kappa shape index (κ1) is 20.0. The van der Waals surface area contributed by atoms with Crippen LogP contribution in [-0.2, 0) is 16.0 Å². The summed E-state index contributed by atoms with van der Waals surface area (Å²) in [6, 6.07) is 11.6. The number of anilines is 2. The monoisotopic (exact) mass is 421 g/mol. The van der Waals surface area contributed by atoms with Gasteiger partial charge in [0, 0.05) is 53.7 Å². The van der Waals surface area contributed by atoms with Crippen molar-refractivity contribution in [2.45, 2.75) is 19.3 Å². The number of piperidine rings is 1. The fourth-order valence-electron chi connectivity index (χ4n) is 3.56. The largest absolute Gasteiger partial charge is 0.371 e. The van der Waals surface area contributed by atoms with Crippen LogP contribution in [0.2, 0.25) is 0 Å². The molecule has 154 valence electrons. The average Bonchev–Trinajstić information content (AvgIpc) is 3.23. The van der Waals surface area contributed by atoms with E-state index in [-0.39, 0.29) is 24.2 Å². The SMILES string of the molecule is NC(=O)C1CCN(c2ccc(NC(=O)Cc3csc(-c4cccnc4)n3)cc2)CC1. The van der Waals surface area contributed by atoms with Gasteiger partial charge < -0.3 is 16.0 Å². The molecule has 2 aromatic heterocycles. The Morgan fingerprint density at radius 3 is 2.60 bits per heavy atom. The molecule has 3 heterocycles. The molecule has 0 atom stereocenters. The summed E-state index contributed by atoms with van der Waals surface area (Å²) in [5, 5.41) is 5.69. The molecule has 3 aromatic rings. The fraction of sp³-hybridized carbons (Fsp3) is 0.273. The van der Waals surface area contributed by atoms with E-state index in [0.29, 0.717) is 0 Å². The van der Waals surface area contributed by atoms with Crippen LogP contribution in [0, 0.1) is 5.92 Å². The third-order valence-corrected chi connectivity index (χ3v) is 6.16. The second kappa shape index (κ2) is 9.04. The molecule has 1 aliphatic heterocycles. The van der Waals surface area contributed by atoms with Gasteiger partial charge in [-0.25, -0.2) is 4.98 Å². The third kappa shape index (κ3) is 4.83. The minimum atomic E-state index is -0.208. The van der Waals surface area contributed by atoms with Crippen LogP contribution in [0.15, 0.2) is 54.2 Å². The molecule has 30 heavy (non-hydrogen) atoms. The van der Waals surface area contributed by atoms with Gasteiger partial charge >= 0.3 is 0 Å². The highest BCUT2D eigenvalue weighted by Gasteiger charge is 2.23. The van der Waals surface area contributed by atoms with E-state index >= 15 is 0 Å². The zero-order valence-corrected chi connectivity index (χ0v) is 17.3. The van der Waals surface area contributed by atoms with Crippen molar-refractivity contribution in [2.24, 2.45) is 11.7 Å². The first-order valence-corrected chi connectivity index (χ1v) is 10.8. The van der Waals surface area contributed by atoms with Gasteiger partial charge in [-0.1, -0.05) is 0 Å². The smallest absolute Gasteiger partial charge is 0.230 e. The van der Waals surface area contributed by atoms with E-state index in [9.17, 15) is 9.59 Å². The Bertz CT molecular complexity index is 1010. The van der Waals surface area contributed by atoms with Crippen LogP contribution in [-0.4, -0.2) is 34.9 Å². The Labute approximate surface area is 179 Å². The Hall–Kier alpha value is -3.26. The number of nitrogens with one attached hydrogen (secondary N) is 1. The number of carbonyl (C=O) groups excluding carboxylic acids is 2. The molecule has 7 nitrogen and oxygen atoms in total. The lowest BCUT2D eigenvalue weighted by Gasteiger charge is -2.32. The molecule has 0 bridgehead atoms. The number of aromatic nitrogens is 2. The molecule has 0 spiro atoms. The number of hydrogen-bond acceptors (Lipinski definition) is 6. The van der Waals surface area contributed by atoms with E-state index in [0.717, 1.165) is 53.6 Å². The molecule has 3 N–H and O–H groups in total. The predicted molar refractivity (Wildman–Crippen MR) is 118 cm³/mol. The van der Waals surface area contributed by atoms with Crippen molar-refractivity contribution < 1.29 is 9.59 Å². The van der Waals surface area contributed by atoms with Crippen molar-refractivity contribution in [3.63, 3.8) is 0 Å². The molecule has 4 rings (SSSR count). The Balaban J connectivity index is 1.31. The van der Waals surface area contributed by atoms with E-state index in [2.05, 4.69) is 20.2 Å². The van der Waals surface area contributed by atoms with Crippen molar-refractivity contribution in [3.05, 3.63) is 59.9 Å². The Morgan fingerprint density at radius 1 is 1.17 bits per heavy atom. The van der Waals surface area contributed by atoms with Crippen LogP contribution >= 0.6 is 11.3 Å². The average molecular weight is 422 g/mol. The van der Waals surface area contributed by atoms with E-state index in [1.54, 1.807) is 12.4 Å². The van der Waals surface area contributed by atoms with Crippen molar-refractivity contribution >= 4 is 34.5 Å². The van der Waals surface area contributed by atoms with Crippen molar-refractivity contribution in [3.8, 4) is 10.6 Å². The molecule has 0 radical (unpaired) electrons. The Morgan fingerprint density at radius 2 is 1.93 bits per heavy atom. The molecule has 1 aliphatic rings. The van der Waals surface area contributed by atoms with Crippen LogP contribution in [0.3, 0.4) is 0 Å². The summed E-state index contributed by atoms with van der Waals surface area (Å²) in [7, 11) is 0. The van der Waals surface area contributed by atoms with E-state index in [1.165, 1.54) is 11.3 Å². The number of nitrogens with zero attached hydrogens (tertiary/aromatic N) is 3. The van der Waals surface area contributed by atoms with Gasteiger partial charge in [0.15, 0.2) is 0 Å². The lowest BCUT2D eigenvalue weighted by molar-refractivity contribution is -0.122. The number of pyridine rings is 1. The predicted octanol–water partition coefficient (Wildman–Crippen LogP) is 3.09. The molecule has 0 saturated carbocycles. The molecule has 8 heteroatoms. The van der Waals surface area contributed by atoms with Gasteiger partial charge in [-0.2, -0.15) is 0 Å². The number of amides is 2. The van der Waals surface area contributed by atoms with Gasteiger partial charge in [-0.3, -0.25) is 14.6 Å². The molecule has 1 aromatic carbocycles. The number of benzene rings is 1. The summed E-state index contributed by atoms with van der Waals surface area (Å²) >= 11 is 1.50. The number of rotatable bonds is 6. The van der Waals surface area contributed by atoms with Crippen LogP contribution in [0.1, 0.15) is 18.5 Å². The Kier molecular flexibility index (Phi) is 6.04.